The first-order valence-corrected chi connectivity index (χ1v) is 6.19. The van der Waals surface area contributed by atoms with E-state index in [2.05, 4.69) is 15.7 Å². The van der Waals surface area contributed by atoms with E-state index < -0.39 is 0 Å². The molecule has 1 aromatic carbocycles. The highest BCUT2D eigenvalue weighted by Crippen LogP contribution is 2.12. The van der Waals surface area contributed by atoms with Gasteiger partial charge in [0.15, 0.2) is 0 Å². The van der Waals surface area contributed by atoms with Crippen LogP contribution < -0.4 is 10.6 Å². The maximum absolute atomic E-state index is 11.9. The van der Waals surface area contributed by atoms with E-state index in [1.807, 2.05) is 50.2 Å². The van der Waals surface area contributed by atoms with Crippen LogP contribution in [0.4, 0.5) is 10.6 Å². The molecule has 0 saturated heterocycles. The predicted molar refractivity (Wildman–Crippen MR) is 75.0 cm³/mol. The number of aromatic nitrogens is 2. The number of anilines is 1. The Labute approximate surface area is 112 Å². The highest BCUT2D eigenvalue weighted by atomic mass is 16.2. The zero-order chi connectivity index (χ0) is 13.8. The Morgan fingerprint density at radius 3 is 2.58 bits per heavy atom. The molecule has 0 aliphatic heterocycles. The Morgan fingerprint density at radius 2 is 2.00 bits per heavy atom. The maximum atomic E-state index is 11.9. The van der Waals surface area contributed by atoms with Crippen LogP contribution in [-0.4, -0.2) is 15.8 Å². The number of hydrogen-bond donors (Lipinski definition) is 2. The Morgan fingerprint density at radius 1 is 1.32 bits per heavy atom. The monoisotopic (exact) mass is 258 g/mol. The van der Waals surface area contributed by atoms with Crippen molar-refractivity contribution < 1.29 is 4.79 Å². The lowest BCUT2D eigenvalue weighted by molar-refractivity contribution is 0.249. The minimum atomic E-state index is -0.237. The fraction of sp³-hybridized carbons (Fsp3) is 0.286. The molecule has 2 rings (SSSR count). The van der Waals surface area contributed by atoms with Gasteiger partial charge in [0.2, 0.25) is 0 Å². The summed E-state index contributed by atoms with van der Waals surface area (Å²) in [5.41, 5.74) is 1.94. The normalized spacial score (nSPS) is 11.9. The Balaban J connectivity index is 1.96. The molecule has 2 amide bonds. The molecule has 0 radical (unpaired) electrons. The quantitative estimate of drug-likeness (QED) is 0.889. The second-order valence-electron chi connectivity index (χ2n) is 4.53. The third-order valence-corrected chi connectivity index (χ3v) is 2.89. The lowest BCUT2D eigenvalue weighted by Gasteiger charge is -2.14. The molecule has 2 aromatic rings. The number of nitrogens with zero attached hydrogens (tertiary/aromatic N) is 2. The number of rotatable bonds is 3. The van der Waals surface area contributed by atoms with Gasteiger partial charge in [0.25, 0.3) is 0 Å². The molecule has 0 unspecified atom stereocenters. The first kappa shape index (κ1) is 13.1. The molecule has 0 fully saturated rings. The van der Waals surface area contributed by atoms with Crippen LogP contribution >= 0.6 is 0 Å². The number of carbonyl (C=O) groups excluding carboxylic acids is 1. The minimum Gasteiger partial charge on any atom is -0.331 e. The van der Waals surface area contributed by atoms with Crippen LogP contribution in [0.15, 0.2) is 36.4 Å². The van der Waals surface area contributed by atoms with Crippen LogP contribution in [0.2, 0.25) is 0 Å². The number of urea groups is 1. The van der Waals surface area contributed by atoms with Crippen molar-refractivity contribution in [2.45, 2.75) is 19.9 Å². The second-order valence-corrected chi connectivity index (χ2v) is 4.53. The fourth-order valence-corrected chi connectivity index (χ4v) is 1.90. The van der Waals surface area contributed by atoms with Gasteiger partial charge in [-0.2, -0.15) is 5.10 Å². The Hall–Kier alpha value is -2.30. The molecule has 0 aliphatic carbocycles. The van der Waals surface area contributed by atoms with Gasteiger partial charge in [0, 0.05) is 13.1 Å². The molecule has 5 nitrogen and oxygen atoms in total. The molecule has 0 bridgehead atoms. The van der Waals surface area contributed by atoms with Crippen molar-refractivity contribution in [2.75, 3.05) is 5.32 Å². The van der Waals surface area contributed by atoms with Gasteiger partial charge in [-0.05, 0) is 19.4 Å². The molecule has 1 heterocycles. The average Bonchev–Trinajstić information content (AvgIpc) is 2.68. The highest BCUT2D eigenvalue weighted by molar-refractivity contribution is 5.88. The first-order valence-electron chi connectivity index (χ1n) is 6.19. The Kier molecular flexibility index (Phi) is 3.85. The minimum absolute atomic E-state index is 0.0458. The number of amides is 2. The van der Waals surface area contributed by atoms with Crippen molar-refractivity contribution in [1.82, 2.24) is 15.1 Å². The molecule has 100 valence electrons. The van der Waals surface area contributed by atoms with Gasteiger partial charge in [-0.15, -0.1) is 0 Å². The lowest BCUT2D eigenvalue weighted by Crippen LogP contribution is -2.31. The van der Waals surface area contributed by atoms with Crippen LogP contribution in [-0.2, 0) is 7.05 Å². The van der Waals surface area contributed by atoms with E-state index in [0.29, 0.717) is 5.82 Å². The molecule has 0 aliphatic rings. The largest absolute Gasteiger partial charge is 0.331 e. The summed E-state index contributed by atoms with van der Waals surface area (Å²) >= 11 is 0. The molecular weight excluding hydrogens is 240 g/mol. The summed E-state index contributed by atoms with van der Waals surface area (Å²) in [6.45, 7) is 3.83. The van der Waals surface area contributed by atoms with Crippen molar-refractivity contribution in [1.29, 1.82) is 0 Å². The van der Waals surface area contributed by atoms with E-state index in [4.69, 9.17) is 0 Å². The van der Waals surface area contributed by atoms with E-state index in [1.54, 1.807) is 11.7 Å². The van der Waals surface area contributed by atoms with Crippen molar-refractivity contribution in [3.05, 3.63) is 47.7 Å². The standard InChI is InChI=1S/C14H18N4O/c1-10-9-13(18(3)17-10)16-14(19)15-11(2)12-7-5-4-6-8-12/h4-9,11H,1-3H3,(H2,15,16,19)/t11-/m1/s1. The van der Waals surface area contributed by atoms with Gasteiger partial charge < -0.3 is 5.32 Å². The number of hydrogen-bond acceptors (Lipinski definition) is 2. The van der Waals surface area contributed by atoms with Crippen molar-refractivity contribution >= 4 is 11.8 Å². The van der Waals surface area contributed by atoms with Crippen molar-refractivity contribution in [3.8, 4) is 0 Å². The van der Waals surface area contributed by atoms with Gasteiger partial charge in [-0.25, -0.2) is 4.79 Å². The summed E-state index contributed by atoms with van der Waals surface area (Å²) in [7, 11) is 1.79. The van der Waals surface area contributed by atoms with E-state index in [0.717, 1.165) is 11.3 Å². The van der Waals surface area contributed by atoms with E-state index in [-0.39, 0.29) is 12.1 Å². The van der Waals surface area contributed by atoms with Gasteiger partial charge in [-0.1, -0.05) is 30.3 Å². The highest BCUT2D eigenvalue weighted by Gasteiger charge is 2.11. The predicted octanol–water partition coefficient (Wildman–Crippen LogP) is 2.61. The fourth-order valence-electron chi connectivity index (χ4n) is 1.90. The smallest absolute Gasteiger partial charge is 0.320 e. The van der Waals surface area contributed by atoms with Crippen LogP contribution in [0.3, 0.4) is 0 Å². The average molecular weight is 258 g/mol. The molecule has 19 heavy (non-hydrogen) atoms. The second kappa shape index (κ2) is 5.56. The van der Waals surface area contributed by atoms with E-state index in [9.17, 15) is 4.79 Å². The summed E-state index contributed by atoms with van der Waals surface area (Å²) in [6, 6.07) is 11.4. The molecule has 0 spiro atoms. The molecule has 0 saturated carbocycles. The Bertz CT molecular complexity index is 562. The maximum Gasteiger partial charge on any atom is 0.320 e. The van der Waals surface area contributed by atoms with E-state index in [1.165, 1.54) is 0 Å². The third-order valence-electron chi connectivity index (χ3n) is 2.89. The van der Waals surface area contributed by atoms with Crippen LogP contribution in [0.1, 0.15) is 24.2 Å². The molecule has 2 N–H and O–H groups in total. The molecule has 1 atom stereocenters. The number of nitrogens with one attached hydrogen (secondary N) is 2. The number of benzene rings is 1. The van der Waals surface area contributed by atoms with Crippen LogP contribution in [0, 0.1) is 6.92 Å². The van der Waals surface area contributed by atoms with Gasteiger partial charge in [0.05, 0.1) is 11.7 Å². The number of carbonyl (C=O) groups is 1. The topological polar surface area (TPSA) is 59.0 Å². The summed E-state index contributed by atoms with van der Waals surface area (Å²) in [4.78, 5) is 11.9. The van der Waals surface area contributed by atoms with Crippen molar-refractivity contribution in [2.24, 2.45) is 7.05 Å². The summed E-state index contributed by atoms with van der Waals surface area (Å²) in [5.74, 6) is 0.676. The van der Waals surface area contributed by atoms with Gasteiger partial charge >= 0.3 is 6.03 Å². The summed E-state index contributed by atoms with van der Waals surface area (Å²) in [5, 5.41) is 9.85. The van der Waals surface area contributed by atoms with Gasteiger partial charge in [-0.3, -0.25) is 10.00 Å². The zero-order valence-electron chi connectivity index (χ0n) is 11.3. The summed E-state index contributed by atoms with van der Waals surface area (Å²) < 4.78 is 1.64. The lowest BCUT2D eigenvalue weighted by atomic mass is 10.1. The zero-order valence-corrected chi connectivity index (χ0v) is 11.3. The third kappa shape index (κ3) is 3.34. The van der Waals surface area contributed by atoms with Crippen LogP contribution in [0.25, 0.3) is 0 Å². The SMILES string of the molecule is Cc1cc(NC(=O)N[C@H](C)c2ccccc2)n(C)n1. The number of aryl methyl sites for hydroxylation is 2. The van der Waals surface area contributed by atoms with Crippen molar-refractivity contribution in [3.63, 3.8) is 0 Å². The molecular formula is C14H18N4O. The molecule has 5 heteroatoms. The van der Waals surface area contributed by atoms with Gasteiger partial charge in [0.1, 0.15) is 5.82 Å². The summed E-state index contributed by atoms with van der Waals surface area (Å²) in [6.07, 6.45) is 0. The molecule has 1 aromatic heterocycles. The van der Waals surface area contributed by atoms with Crippen LogP contribution in [0.5, 0.6) is 0 Å². The first-order chi connectivity index (χ1) is 9.06. The van der Waals surface area contributed by atoms with E-state index >= 15 is 0 Å².